The van der Waals surface area contributed by atoms with Crippen LogP contribution in [0.5, 0.6) is 0 Å². The fraction of sp³-hybridized carbons (Fsp3) is 1.00. The molecule has 4 heteroatoms. The van der Waals surface area contributed by atoms with Gasteiger partial charge in [0.15, 0.2) is 0 Å². The van der Waals surface area contributed by atoms with Gasteiger partial charge in [-0.25, -0.2) is 0 Å². The van der Waals surface area contributed by atoms with Crippen molar-refractivity contribution in [1.82, 2.24) is 5.32 Å². The Balaban J connectivity index is 4.05. The molecule has 1 N–H and O–H groups in total. The highest BCUT2D eigenvalue weighted by Crippen LogP contribution is 2.25. The lowest BCUT2D eigenvalue weighted by Crippen LogP contribution is -2.46. The highest BCUT2D eigenvalue weighted by Gasteiger charge is 2.40. The highest BCUT2D eigenvalue weighted by molar-refractivity contribution is 4.77. The summed E-state index contributed by atoms with van der Waals surface area (Å²) in [6.45, 7) is 5.41. The minimum absolute atomic E-state index is 0.406. The van der Waals surface area contributed by atoms with Gasteiger partial charge < -0.3 is 5.32 Å². The van der Waals surface area contributed by atoms with E-state index >= 15 is 0 Å². The Hall–Kier alpha value is -0.250. The van der Waals surface area contributed by atoms with E-state index in [1.165, 1.54) is 0 Å². The maximum absolute atomic E-state index is 12.2. The first-order chi connectivity index (χ1) is 5.39. The molecule has 1 unspecified atom stereocenters. The molecule has 12 heavy (non-hydrogen) atoms. The zero-order chi connectivity index (χ0) is 9.78. The third-order valence-corrected chi connectivity index (χ3v) is 1.63. The SMILES string of the molecule is CCCNC(C(C)C)C(F)(F)F. The van der Waals surface area contributed by atoms with Crippen molar-refractivity contribution in [3.8, 4) is 0 Å². The van der Waals surface area contributed by atoms with E-state index in [0.29, 0.717) is 6.54 Å². The van der Waals surface area contributed by atoms with E-state index in [-0.39, 0.29) is 0 Å². The van der Waals surface area contributed by atoms with Gasteiger partial charge in [0, 0.05) is 0 Å². The van der Waals surface area contributed by atoms with E-state index in [9.17, 15) is 13.2 Å². The smallest absolute Gasteiger partial charge is 0.306 e. The van der Waals surface area contributed by atoms with E-state index in [2.05, 4.69) is 5.32 Å². The zero-order valence-electron chi connectivity index (χ0n) is 7.70. The quantitative estimate of drug-likeness (QED) is 0.706. The maximum atomic E-state index is 12.2. The fourth-order valence-corrected chi connectivity index (χ4v) is 1.03. The maximum Gasteiger partial charge on any atom is 0.404 e. The summed E-state index contributed by atoms with van der Waals surface area (Å²) in [6.07, 6.45) is -3.40. The molecule has 0 heterocycles. The van der Waals surface area contributed by atoms with E-state index in [1.54, 1.807) is 13.8 Å². The Bertz CT molecular complexity index is 120. The third-order valence-electron chi connectivity index (χ3n) is 1.63. The Morgan fingerprint density at radius 1 is 1.25 bits per heavy atom. The number of rotatable bonds is 4. The van der Waals surface area contributed by atoms with Crippen LogP contribution in [0.15, 0.2) is 0 Å². The van der Waals surface area contributed by atoms with Gasteiger partial charge in [0.25, 0.3) is 0 Å². The minimum Gasteiger partial charge on any atom is -0.306 e. The molecule has 0 rings (SSSR count). The van der Waals surface area contributed by atoms with Crippen LogP contribution in [0.4, 0.5) is 13.2 Å². The number of nitrogens with one attached hydrogen (secondary N) is 1. The van der Waals surface area contributed by atoms with Crippen molar-refractivity contribution in [2.45, 2.75) is 39.4 Å². The Morgan fingerprint density at radius 2 is 1.75 bits per heavy atom. The predicted octanol–water partition coefficient (Wildman–Crippen LogP) is 2.57. The molecule has 0 aromatic carbocycles. The molecule has 1 nitrogen and oxygen atoms in total. The second kappa shape index (κ2) is 4.70. The van der Waals surface area contributed by atoms with Crippen molar-refractivity contribution >= 4 is 0 Å². The monoisotopic (exact) mass is 183 g/mol. The van der Waals surface area contributed by atoms with Crippen LogP contribution >= 0.6 is 0 Å². The van der Waals surface area contributed by atoms with Gasteiger partial charge in [0.1, 0.15) is 6.04 Å². The van der Waals surface area contributed by atoms with Crippen molar-refractivity contribution in [2.24, 2.45) is 5.92 Å². The van der Waals surface area contributed by atoms with Crippen LogP contribution in [-0.2, 0) is 0 Å². The summed E-state index contributed by atoms with van der Waals surface area (Å²) in [5.41, 5.74) is 0. The number of hydrogen-bond donors (Lipinski definition) is 1. The highest BCUT2D eigenvalue weighted by atomic mass is 19.4. The molecule has 0 bridgehead atoms. The summed E-state index contributed by atoms with van der Waals surface area (Å²) in [5, 5.41) is 2.48. The van der Waals surface area contributed by atoms with Crippen LogP contribution < -0.4 is 5.32 Å². The molecule has 0 aliphatic heterocycles. The van der Waals surface area contributed by atoms with Gasteiger partial charge in [0.2, 0.25) is 0 Å². The van der Waals surface area contributed by atoms with Crippen LogP contribution in [-0.4, -0.2) is 18.8 Å². The molecule has 0 saturated carbocycles. The van der Waals surface area contributed by atoms with Gasteiger partial charge in [-0.1, -0.05) is 20.8 Å². The molecule has 0 radical (unpaired) electrons. The largest absolute Gasteiger partial charge is 0.404 e. The first kappa shape index (κ1) is 11.8. The minimum atomic E-state index is -4.12. The molecule has 1 atom stereocenters. The molecule has 0 fully saturated rings. The number of hydrogen-bond acceptors (Lipinski definition) is 1. The average Bonchev–Trinajstić information content (AvgIpc) is 1.84. The predicted molar refractivity (Wildman–Crippen MR) is 43.0 cm³/mol. The van der Waals surface area contributed by atoms with Gasteiger partial charge in [-0.3, -0.25) is 0 Å². The van der Waals surface area contributed by atoms with Crippen LogP contribution in [0.25, 0.3) is 0 Å². The Morgan fingerprint density at radius 3 is 2.00 bits per heavy atom. The fourth-order valence-electron chi connectivity index (χ4n) is 1.03. The van der Waals surface area contributed by atoms with Gasteiger partial charge in [-0.2, -0.15) is 13.2 Å². The van der Waals surface area contributed by atoms with Crippen LogP contribution in [0.3, 0.4) is 0 Å². The number of alkyl halides is 3. The van der Waals surface area contributed by atoms with E-state index in [0.717, 1.165) is 6.42 Å². The topological polar surface area (TPSA) is 12.0 Å². The van der Waals surface area contributed by atoms with Gasteiger partial charge in [-0.05, 0) is 18.9 Å². The van der Waals surface area contributed by atoms with Crippen molar-refractivity contribution in [1.29, 1.82) is 0 Å². The van der Waals surface area contributed by atoms with Crippen molar-refractivity contribution in [3.63, 3.8) is 0 Å². The Labute approximate surface area is 71.3 Å². The normalized spacial score (nSPS) is 15.2. The van der Waals surface area contributed by atoms with Crippen molar-refractivity contribution < 1.29 is 13.2 Å². The Kier molecular flexibility index (Phi) is 4.60. The lowest BCUT2D eigenvalue weighted by atomic mass is 10.0. The summed E-state index contributed by atoms with van der Waals surface area (Å²) in [6, 6.07) is -1.36. The van der Waals surface area contributed by atoms with Crippen molar-refractivity contribution in [3.05, 3.63) is 0 Å². The van der Waals surface area contributed by atoms with Crippen LogP contribution in [0.2, 0.25) is 0 Å². The van der Waals surface area contributed by atoms with Gasteiger partial charge in [-0.15, -0.1) is 0 Å². The summed E-state index contributed by atoms with van der Waals surface area (Å²) in [4.78, 5) is 0. The van der Waals surface area contributed by atoms with Gasteiger partial charge in [0.05, 0.1) is 0 Å². The zero-order valence-corrected chi connectivity index (χ0v) is 7.70. The molecular formula is C8H16F3N. The molecule has 0 spiro atoms. The molecule has 0 aliphatic carbocycles. The molecule has 0 aliphatic rings. The summed E-state index contributed by atoms with van der Waals surface area (Å²) in [7, 11) is 0. The summed E-state index contributed by atoms with van der Waals surface area (Å²) >= 11 is 0. The standard InChI is InChI=1S/C8H16F3N/c1-4-5-12-7(6(2)3)8(9,10)11/h6-7,12H,4-5H2,1-3H3. The molecule has 0 saturated heterocycles. The summed E-state index contributed by atoms with van der Waals surface area (Å²) in [5.74, 6) is -0.406. The van der Waals surface area contributed by atoms with E-state index in [4.69, 9.17) is 0 Å². The van der Waals surface area contributed by atoms with E-state index < -0.39 is 18.1 Å². The van der Waals surface area contributed by atoms with Crippen LogP contribution in [0, 0.1) is 5.92 Å². The molecule has 0 aromatic rings. The molecule has 0 amide bonds. The average molecular weight is 183 g/mol. The van der Waals surface area contributed by atoms with Gasteiger partial charge >= 0.3 is 6.18 Å². The third kappa shape index (κ3) is 3.95. The molecule has 74 valence electrons. The first-order valence-electron chi connectivity index (χ1n) is 4.19. The number of halogens is 3. The summed E-state index contributed by atoms with van der Waals surface area (Å²) < 4.78 is 36.7. The van der Waals surface area contributed by atoms with Crippen molar-refractivity contribution in [2.75, 3.05) is 6.54 Å². The lowest BCUT2D eigenvalue weighted by molar-refractivity contribution is -0.165. The second-order valence-electron chi connectivity index (χ2n) is 3.22. The van der Waals surface area contributed by atoms with Crippen LogP contribution in [0.1, 0.15) is 27.2 Å². The molecule has 0 aromatic heterocycles. The van der Waals surface area contributed by atoms with E-state index in [1.807, 2.05) is 6.92 Å². The lowest BCUT2D eigenvalue weighted by Gasteiger charge is -2.24. The second-order valence-corrected chi connectivity index (χ2v) is 3.22. The molecular weight excluding hydrogens is 167 g/mol. The first-order valence-corrected chi connectivity index (χ1v) is 4.19.